The van der Waals surface area contributed by atoms with Crippen molar-refractivity contribution in [1.82, 2.24) is 29.1 Å². The summed E-state index contributed by atoms with van der Waals surface area (Å²) in [6.45, 7) is 2.02. The zero-order valence-corrected chi connectivity index (χ0v) is 12.4. The van der Waals surface area contributed by atoms with Gasteiger partial charge in [0.2, 0.25) is 5.95 Å². The molecule has 0 aliphatic heterocycles. The molecule has 0 aliphatic carbocycles. The molecule has 3 aromatic rings. The molecule has 3 rings (SSSR count). The highest BCUT2D eigenvalue weighted by molar-refractivity contribution is 5.79. The van der Waals surface area contributed by atoms with Gasteiger partial charge in [0, 0.05) is 19.3 Å². The fourth-order valence-corrected chi connectivity index (χ4v) is 2.01. The molecule has 3 aromatic heterocycles. The quantitative estimate of drug-likeness (QED) is 0.503. The second-order valence-electron chi connectivity index (χ2n) is 4.64. The molecule has 0 spiro atoms. The Bertz CT molecular complexity index is 812. The van der Waals surface area contributed by atoms with Crippen LogP contribution in [-0.4, -0.2) is 48.3 Å². The Balaban J connectivity index is 1.79. The molecule has 2 N–H and O–H groups in total. The number of nitrogen functional groups attached to an aromatic ring is 1. The maximum Gasteiger partial charge on any atom is 0.302 e. The maximum atomic E-state index is 10.7. The average molecular weight is 317 g/mol. The largest absolute Gasteiger partial charge is 0.463 e. The Morgan fingerprint density at radius 3 is 2.91 bits per heavy atom. The molecule has 23 heavy (non-hydrogen) atoms. The molecular formula is C13H15N7O3. The van der Waals surface area contributed by atoms with E-state index in [9.17, 15) is 4.79 Å². The molecule has 0 amide bonds. The molecule has 0 bridgehead atoms. The van der Waals surface area contributed by atoms with Crippen molar-refractivity contribution in [3.05, 3.63) is 25.0 Å². The lowest BCUT2D eigenvalue weighted by atomic mass is 10.5. The van der Waals surface area contributed by atoms with Crippen LogP contribution in [-0.2, 0) is 21.0 Å². The minimum Gasteiger partial charge on any atom is -0.463 e. The first-order valence-electron chi connectivity index (χ1n) is 6.83. The monoisotopic (exact) mass is 317 g/mol. The Hall–Kier alpha value is -3.01. The lowest BCUT2D eigenvalue weighted by molar-refractivity contribution is -0.142. The zero-order chi connectivity index (χ0) is 16.2. The van der Waals surface area contributed by atoms with Crippen molar-refractivity contribution in [2.75, 3.05) is 18.9 Å². The summed E-state index contributed by atoms with van der Waals surface area (Å²) in [5.74, 6) is 0.332. The molecule has 0 saturated heterocycles. The molecule has 0 aromatic carbocycles. The fourth-order valence-electron chi connectivity index (χ4n) is 2.01. The van der Waals surface area contributed by atoms with Gasteiger partial charge in [0.1, 0.15) is 19.7 Å². The minimum absolute atomic E-state index is 0.128. The lowest BCUT2D eigenvalue weighted by Gasteiger charge is -2.07. The normalized spacial score (nSPS) is 11.0. The van der Waals surface area contributed by atoms with Gasteiger partial charge in [-0.15, -0.1) is 0 Å². The van der Waals surface area contributed by atoms with Crippen LogP contribution < -0.4 is 5.73 Å². The van der Waals surface area contributed by atoms with Gasteiger partial charge in [-0.25, -0.2) is 9.97 Å². The Morgan fingerprint density at radius 2 is 2.17 bits per heavy atom. The van der Waals surface area contributed by atoms with Gasteiger partial charge in [0.25, 0.3) is 0 Å². The summed E-state index contributed by atoms with van der Waals surface area (Å²) < 4.78 is 13.6. The summed E-state index contributed by atoms with van der Waals surface area (Å²) in [7, 11) is 0. The molecular weight excluding hydrogens is 302 g/mol. The molecule has 0 radical (unpaired) electrons. The topological polar surface area (TPSA) is 123 Å². The maximum absolute atomic E-state index is 10.7. The van der Waals surface area contributed by atoms with Crippen molar-refractivity contribution in [1.29, 1.82) is 0 Å². The number of esters is 1. The van der Waals surface area contributed by atoms with Crippen LogP contribution in [0.15, 0.2) is 25.0 Å². The van der Waals surface area contributed by atoms with Gasteiger partial charge < -0.3 is 15.2 Å². The van der Waals surface area contributed by atoms with E-state index in [0.717, 1.165) is 0 Å². The van der Waals surface area contributed by atoms with Crippen LogP contribution in [0, 0.1) is 0 Å². The fraction of sp³-hybridized carbons (Fsp3) is 0.308. The van der Waals surface area contributed by atoms with E-state index in [1.54, 1.807) is 34.2 Å². The number of nitrogens with zero attached hydrogens (tertiary/aromatic N) is 6. The molecule has 0 fully saturated rings. The number of imidazole rings is 2. The van der Waals surface area contributed by atoms with E-state index in [-0.39, 0.29) is 31.9 Å². The van der Waals surface area contributed by atoms with Crippen molar-refractivity contribution < 1.29 is 14.3 Å². The van der Waals surface area contributed by atoms with Gasteiger partial charge in [0.15, 0.2) is 17.0 Å². The van der Waals surface area contributed by atoms with Crippen LogP contribution in [0.25, 0.3) is 17.0 Å². The minimum atomic E-state index is -0.341. The summed E-state index contributed by atoms with van der Waals surface area (Å²) in [6, 6.07) is 0. The number of hydrogen-bond acceptors (Lipinski definition) is 8. The van der Waals surface area contributed by atoms with E-state index >= 15 is 0 Å². The van der Waals surface area contributed by atoms with Crippen LogP contribution in [0.1, 0.15) is 6.92 Å². The lowest BCUT2D eigenvalue weighted by Crippen LogP contribution is -2.10. The van der Waals surface area contributed by atoms with E-state index in [2.05, 4.69) is 19.9 Å². The number of hydrogen-bond donors (Lipinski definition) is 1. The average Bonchev–Trinajstić information content (AvgIpc) is 3.16. The Kier molecular flexibility index (Phi) is 4.15. The van der Waals surface area contributed by atoms with Gasteiger partial charge in [-0.1, -0.05) is 0 Å². The summed E-state index contributed by atoms with van der Waals surface area (Å²) in [5.41, 5.74) is 6.91. The summed E-state index contributed by atoms with van der Waals surface area (Å²) >= 11 is 0. The molecule has 10 nitrogen and oxygen atoms in total. The van der Waals surface area contributed by atoms with Crippen LogP contribution in [0.5, 0.6) is 0 Å². The summed E-state index contributed by atoms with van der Waals surface area (Å²) in [5, 5.41) is 0. The molecule has 10 heteroatoms. The van der Waals surface area contributed by atoms with Crippen molar-refractivity contribution >= 4 is 23.1 Å². The third-order valence-electron chi connectivity index (χ3n) is 2.98. The third-order valence-corrected chi connectivity index (χ3v) is 2.98. The second-order valence-corrected chi connectivity index (χ2v) is 4.64. The van der Waals surface area contributed by atoms with Crippen LogP contribution in [0.4, 0.5) is 5.95 Å². The highest BCUT2D eigenvalue weighted by Gasteiger charge is 2.13. The number of fused-ring (bicyclic) bond motifs is 1. The number of rotatable bonds is 6. The molecule has 3 heterocycles. The number of anilines is 1. The third kappa shape index (κ3) is 3.26. The standard InChI is InChI=1S/C13H15N7O3/c1-9(21)23-5-4-22-8-20-7-16-10-11(19-3-2-15-6-19)17-13(14)18-12(10)20/h2-3,6-7H,4-5,8H2,1H3,(H2,14,17,18). The van der Waals surface area contributed by atoms with Crippen molar-refractivity contribution in [2.24, 2.45) is 0 Å². The van der Waals surface area contributed by atoms with Crippen LogP contribution >= 0.6 is 0 Å². The van der Waals surface area contributed by atoms with Gasteiger partial charge in [-0.05, 0) is 0 Å². The van der Waals surface area contributed by atoms with E-state index < -0.39 is 0 Å². The molecule has 0 atom stereocenters. The van der Waals surface area contributed by atoms with Crippen LogP contribution in [0.2, 0.25) is 0 Å². The van der Waals surface area contributed by atoms with Gasteiger partial charge >= 0.3 is 5.97 Å². The first kappa shape index (κ1) is 14.9. The van der Waals surface area contributed by atoms with Gasteiger partial charge in [-0.2, -0.15) is 9.97 Å². The van der Waals surface area contributed by atoms with E-state index in [1.165, 1.54) is 6.92 Å². The van der Waals surface area contributed by atoms with Gasteiger partial charge in [-0.3, -0.25) is 13.9 Å². The second kappa shape index (κ2) is 6.40. The smallest absolute Gasteiger partial charge is 0.302 e. The van der Waals surface area contributed by atoms with E-state index in [0.29, 0.717) is 17.0 Å². The number of nitrogens with two attached hydrogens (primary N) is 1. The van der Waals surface area contributed by atoms with Crippen molar-refractivity contribution in [2.45, 2.75) is 13.7 Å². The summed E-state index contributed by atoms with van der Waals surface area (Å²) in [4.78, 5) is 27.4. The molecule has 0 aliphatic rings. The SMILES string of the molecule is CC(=O)OCCOCn1cnc2c(-n3ccnc3)nc(N)nc21. The zero-order valence-electron chi connectivity index (χ0n) is 12.4. The number of ether oxygens (including phenoxy) is 2. The van der Waals surface area contributed by atoms with Crippen molar-refractivity contribution in [3.8, 4) is 5.82 Å². The van der Waals surface area contributed by atoms with Crippen LogP contribution in [0.3, 0.4) is 0 Å². The van der Waals surface area contributed by atoms with E-state index in [1.807, 2.05) is 0 Å². The molecule has 120 valence electrons. The number of carbonyl (C=O) groups excluding carboxylic acids is 1. The molecule has 0 unspecified atom stereocenters. The number of aromatic nitrogens is 6. The first-order valence-corrected chi connectivity index (χ1v) is 6.83. The molecule has 0 saturated carbocycles. The predicted molar refractivity (Wildman–Crippen MR) is 79.4 cm³/mol. The highest BCUT2D eigenvalue weighted by atomic mass is 16.6. The Labute approximate surface area is 130 Å². The van der Waals surface area contributed by atoms with Crippen molar-refractivity contribution in [3.63, 3.8) is 0 Å². The van der Waals surface area contributed by atoms with E-state index in [4.69, 9.17) is 15.2 Å². The number of carbonyl (C=O) groups is 1. The first-order chi connectivity index (χ1) is 11.1. The Morgan fingerprint density at radius 1 is 1.30 bits per heavy atom. The predicted octanol–water partition coefficient (Wildman–Crippen LogP) is 0.131. The summed E-state index contributed by atoms with van der Waals surface area (Å²) in [6.07, 6.45) is 6.58. The van der Waals surface area contributed by atoms with Gasteiger partial charge in [0.05, 0.1) is 12.9 Å². The highest BCUT2D eigenvalue weighted by Crippen LogP contribution is 2.18.